The number of allylic oxidation sites excluding steroid dienone is 4. The third-order valence-electron chi connectivity index (χ3n) is 8.57. The normalized spacial score (nSPS) is 14.1. The largest absolute Gasteiger partial charge is 0.394 e. The molecule has 0 spiro atoms. The molecule has 0 rings (SSSR count). The average molecular weight is 608 g/mol. The molecule has 5 heteroatoms. The lowest BCUT2D eigenvalue weighted by molar-refractivity contribution is -0.124. The van der Waals surface area contributed by atoms with Crippen LogP contribution in [0, 0.1) is 0 Å². The van der Waals surface area contributed by atoms with E-state index in [4.69, 9.17) is 0 Å². The van der Waals surface area contributed by atoms with Gasteiger partial charge in [-0.15, -0.1) is 0 Å². The van der Waals surface area contributed by atoms with E-state index < -0.39 is 18.2 Å². The highest BCUT2D eigenvalue weighted by Gasteiger charge is 2.26. The quantitative estimate of drug-likeness (QED) is 0.0441. The summed E-state index contributed by atoms with van der Waals surface area (Å²) in [5, 5.41) is 33.3. The first-order valence-corrected chi connectivity index (χ1v) is 18.6. The van der Waals surface area contributed by atoms with E-state index in [1.807, 2.05) is 6.08 Å². The van der Waals surface area contributed by atoms with Gasteiger partial charge >= 0.3 is 0 Å². The molecule has 3 unspecified atom stereocenters. The minimum atomic E-state index is -1.15. The maximum Gasteiger partial charge on any atom is 0.220 e. The molecule has 0 aliphatic heterocycles. The molecule has 0 fully saturated rings. The second-order valence-corrected chi connectivity index (χ2v) is 12.8. The van der Waals surface area contributed by atoms with Gasteiger partial charge in [-0.25, -0.2) is 0 Å². The molecule has 0 aliphatic carbocycles. The van der Waals surface area contributed by atoms with Gasteiger partial charge in [0.1, 0.15) is 6.10 Å². The van der Waals surface area contributed by atoms with Crippen molar-refractivity contribution < 1.29 is 20.1 Å². The summed E-state index contributed by atoms with van der Waals surface area (Å²) < 4.78 is 0. The summed E-state index contributed by atoms with van der Waals surface area (Å²) in [5.74, 6) is -0.212. The Hall–Kier alpha value is -1.17. The SMILES string of the molecule is CCCCCCCC/C=C\C/C=C\CCC(=O)NC(CO)C(O)C(O)CCCCCCCCCCCCCCCCCC. The fourth-order valence-electron chi connectivity index (χ4n) is 5.62. The van der Waals surface area contributed by atoms with Gasteiger partial charge in [0.25, 0.3) is 0 Å². The van der Waals surface area contributed by atoms with Crippen molar-refractivity contribution in [2.24, 2.45) is 0 Å². The molecule has 0 saturated carbocycles. The van der Waals surface area contributed by atoms with Crippen molar-refractivity contribution in [2.45, 2.75) is 205 Å². The van der Waals surface area contributed by atoms with Crippen LogP contribution in [0.3, 0.4) is 0 Å². The molecule has 0 radical (unpaired) electrons. The Balaban J connectivity index is 3.75. The molecule has 0 saturated heterocycles. The molecular formula is C38H73NO4. The minimum absolute atomic E-state index is 0.212. The van der Waals surface area contributed by atoms with E-state index in [9.17, 15) is 20.1 Å². The molecular weight excluding hydrogens is 534 g/mol. The zero-order chi connectivity index (χ0) is 31.6. The number of carbonyl (C=O) groups excluding carboxylic acids is 1. The number of aliphatic hydroxyl groups excluding tert-OH is 3. The van der Waals surface area contributed by atoms with Crippen molar-refractivity contribution in [3.8, 4) is 0 Å². The maximum atomic E-state index is 12.3. The van der Waals surface area contributed by atoms with Gasteiger partial charge in [0.15, 0.2) is 0 Å². The Kier molecular flexibility index (Phi) is 32.8. The van der Waals surface area contributed by atoms with E-state index in [-0.39, 0.29) is 12.5 Å². The van der Waals surface area contributed by atoms with E-state index in [0.717, 1.165) is 32.1 Å². The van der Waals surface area contributed by atoms with E-state index in [1.54, 1.807) is 0 Å². The zero-order valence-corrected chi connectivity index (χ0v) is 28.6. The number of aliphatic hydroxyl groups is 3. The Morgan fingerprint density at radius 1 is 0.581 bits per heavy atom. The van der Waals surface area contributed by atoms with E-state index in [2.05, 4.69) is 37.4 Å². The summed E-state index contributed by atoms with van der Waals surface area (Å²) in [4.78, 5) is 12.3. The van der Waals surface area contributed by atoms with Crippen LogP contribution in [0.15, 0.2) is 24.3 Å². The van der Waals surface area contributed by atoms with Crippen LogP contribution in [0.1, 0.15) is 187 Å². The number of hydrogen-bond acceptors (Lipinski definition) is 4. The number of carbonyl (C=O) groups is 1. The summed E-state index contributed by atoms with van der Waals surface area (Å²) in [6, 6.07) is -0.836. The number of nitrogens with one attached hydrogen (secondary N) is 1. The molecule has 0 aromatic carbocycles. The molecule has 254 valence electrons. The first kappa shape index (κ1) is 41.8. The summed E-state index contributed by atoms with van der Waals surface area (Å²) >= 11 is 0. The van der Waals surface area contributed by atoms with Crippen LogP contribution in [0.5, 0.6) is 0 Å². The Morgan fingerprint density at radius 2 is 1.00 bits per heavy atom. The molecule has 0 heterocycles. The lowest BCUT2D eigenvalue weighted by Crippen LogP contribution is -2.50. The smallest absolute Gasteiger partial charge is 0.220 e. The number of unbranched alkanes of at least 4 members (excludes halogenated alkanes) is 21. The molecule has 1 amide bonds. The van der Waals surface area contributed by atoms with Crippen LogP contribution in [0.25, 0.3) is 0 Å². The highest BCUT2D eigenvalue weighted by atomic mass is 16.3. The standard InChI is InChI=1S/C38H73NO4/c1-3-5-7-9-11-13-15-17-18-19-21-22-24-26-28-30-32-36(41)38(43)35(34-40)39-37(42)33-31-29-27-25-23-20-16-14-12-10-8-6-4-2/h20,23,27,29,35-36,38,40-41,43H,3-19,21-22,24-26,28,30-34H2,1-2H3,(H,39,42)/b23-20-,29-27-. The molecule has 0 aromatic rings. The van der Waals surface area contributed by atoms with Gasteiger partial charge in [-0.3, -0.25) is 4.79 Å². The predicted octanol–water partition coefficient (Wildman–Crippen LogP) is 9.87. The van der Waals surface area contributed by atoms with Crippen LogP contribution >= 0.6 is 0 Å². The van der Waals surface area contributed by atoms with Crippen LogP contribution < -0.4 is 5.32 Å². The molecule has 0 bridgehead atoms. The summed E-state index contributed by atoms with van der Waals surface area (Å²) in [5.41, 5.74) is 0. The summed E-state index contributed by atoms with van der Waals surface area (Å²) in [6.45, 7) is 4.13. The van der Waals surface area contributed by atoms with Crippen LogP contribution in [0.2, 0.25) is 0 Å². The van der Waals surface area contributed by atoms with E-state index in [0.29, 0.717) is 19.3 Å². The third kappa shape index (κ3) is 29.3. The van der Waals surface area contributed by atoms with Crippen LogP contribution in [-0.2, 0) is 4.79 Å². The molecule has 0 aliphatic rings. The van der Waals surface area contributed by atoms with Gasteiger partial charge in [-0.2, -0.15) is 0 Å². The van der Waals surface area contributed by atoms with Crippen LogP contribution in [0.4, 0.5) is 0 Å². The third-order valence-corrected chi connectivity index (χ3v) is 8.57. The second-order valence-electron chi connectivity index (χ2n) is 12.8. The lowest BCUT2D eigenvalue weighted by Gasteiger charge is -2.26. The number of hydrogen-bond donors (Lipinski definition) is 4. The van der Waals surface area contributed by atoms with Crippen molar-refractivity contribution in [3.05, 3.63) is 24.3 Å². The highest BCUT2D eigenvalue weighted by molar-refractivity contribution is 5.76. The fraction of sp³-hybridized carbons (Fsp3) is 0.868. The van der Waals surface area contributed by atoms with Crippen LogP contribution in [-0.4, -0.2) is 46.1 Å². The fourth-order valence-corrected chi connectivity index (χ4v) is 5.62. The van der Waals surface area contributed by atoms with E-state index >= 15 is 0 Å². The van der Waals surface area contributed by atoms with Crippen molar-refractivity contribution in [3.63, 3.8) is 0 Å². The minimum Gasteiger partial charge on any atom is -0.394 e. The van der Waals surface area contributed by atoms with Crippen molar-refractivity contribution in [1.82, 2.24) is 5.32 Å². The molecule has 3 atom stereocenters. The molecule has 5 nitrogen and oxygen atoms in total. The Morgan fingerprint density at radius 3 is 1.47 bits per heavy atom. The zero-order valence-electron chi connectivity index (χ0n) is 28.6. The predicted molar refractivity (Wildman–Crippen MR) is 185 cm³/mol. The molecule has 4 N–H and O–H groups in total. The highest BCUT2D eigenvalue weighted by Crippen LogP contribution is 2.15. The lowest BCUT2D eigenvalue weighted by atomic mass is 9.99. The van der Waals surface area contributed by atoms with Gasteiger partial charge in [-0.1, -0.05) is 173 Å². The average Bonchev–Trinajstić information content (AvgIpc) is 3.01. The van der Waals surface area contributed by atoms with Gasteiger partial charge < -0.3 is 20.6 Å². The molecule has 0 aromatic heterocycles. The monoisotopic (exact) mass is 608 g/mol. The Bertz CT molecular complexity index is 635. The number of rotatable bonds is 33. The van der Waals surface area contributed by atoms with Gasteiger partial charge in [0, 0.05) is 6.42 Å². The topological polar surface area (TPSA) is 89.8 Å². The molecule has 43 heavy (non-hydrogen) atoms. The van der Waals surface area contributed by atoms with Crippen molar-refractivity contribution in [1.29, 1.82) is 0 Å². The first-order chi connectivity index (χ1) is 21.1. The van der Waals surface area contributed by atoms with Gasteiger partial charge in [0.05, 0.1) is 18.8 Å². The van der Waals surface area contributed by atoms with Gasteiger partial charge in [0.2, 0.25) is 5.91 Å². The van der Waals surface area contributed by atoms with Crippen molar-refractivity contribution >= 4 is 5.91 Å². The van der Waals surface area contributed by atoms with Crippen molar-refractivity contribution in [2.75, 3.05) is 6.61 Å². The number of amides is 1. The second kappa shape index (κ2) is 33.7. The maximum absolute atomic E-state index is 12.3. The summed E-state index contributed by atoms with van der Waals surface area (Å²) in [7, 11) is 0. The van der Waals surface area contributed by atoms with Gasteiger partial charge in [-0.05, 0) is 32.1 Å². The van der Waals surface area contributed by atoms with E-state index in [1.165, 1.54) is 122 Å². The summed E-state index contributed by atoms with van der Waals surface area (Å²) in [6.07, 6.45) is 38.5. The first-order valence-electron chi connectivity index (χ1n) is 18.6. The Labute approximate surface area is 267 Å².